The fourth-order valence-electron chi connectivity index (χ4n) is 3.30. The Labute approximate surface area is 158 Å². The van der Waals surface area contributed by atoms with E-state index < -0.39 is 28.2 Å². The number of para-hydroxylation sites is 1. The molecule has 0 aromatic heterocycles. The minimum atomic E-state index is -1.42. The van der Waals surface area contributed by atoms with Crippen LogP contribution in [-0.4, -0.2) is 17.2 Å². The van der Waals surface area contributed by atoms with E-state index in [0.717, 1.165) is 0 Å². The lowest BCUT2D eigenvalue weighted by Gasteiger charge is -2.29. The molecular formula is C21H23NO5. The number of nitro groups is 1. The SMILES string of the molecule is Cc1cccc(C[C@@]2(c3ccccc3)O[C@H](C(C)(C)C)OC2=O)c1[N+](=O)[O-]. The van der Waals surface area contributed by atoms with Crippen molar-refractivity contribution in [3.63, 3.8) is 0 Å². The highest BCUT2D eigenvalue weighted by atomic mass is 16.8. The first kappa shape index (κ1) is 19.0. The molecule has 2 aromatic carbocycles. The molecule has 6 nitrogen and oxygen atoms in total. The Morgan fingerprint density at radius 2 is 1.78 bits per heavy atom. The number of esters is 1. The maximum absolute atomic E-state index is 13.0. The minimum absolute atomic E-state index is 0.00316. The second-order valence-electron chi connectivity index (χ2n) is 7.93. The van der Waals surface area contributed by atoms with Gasteiger partial charge in [-0.2, -0.15) is 0 Å². The normalized spacial score (nSPS) is 22.5. The first-order valence-electron chi connectivity index (χ1n) is 8.82. The molecular weight excluding hydrogens is 346 g/mol. The third-order valence-corrected chi connectivity index (χ3v) is 4.74. The molecule has 1 saturated heterocycles. The van der Waals surface area contributed by atoms with Crippen molar-refractivity contribution in [3.05, 3.63) is 75.3 Å². The molecule has 3 rings (SSSR count). The molecule has 2 aromatic rings. The van der Waals surface area contributed by atoms with Crippen LogP contribution in [0.25, 0.3) is 0 Å². The molecule has 0 amide bonds. The summed E-state index contributed by atoms with van der Waals surface area (Å²) in [6.07, 6.45) is -0.713. The van der Waals surface area contributed by atoms with Gasteiger partial charge < -0.3 is 9.47 Å². The third kappa shape index (κ3) is 3.45. The standard InChI is InChI=1S/C21H23NO5/c1-14-9-8-10-15(17(14)22(24)25)13-21(16-11-6-5-7-12-16)18(23)26-19(27-21)20(2,3)4/h5-12,19H,13H2,1-4H3/t19-,21+/m1/s1. The average Bonchev–Trinajstić information content (AvgIpc) is 2.93. The van der Waals surface area contributed by atoms with E-state index in [1.54, 1.807) is 37.3 Å². The van der Waals surface area contributed by atoms with Gasteiger partial charge in [-0.3, -0.25) is 10.1 Å². The highest BCUT2D eigenvalue weighted by Gasteiger charge is 2.55. The molecule has 0 saturated carbocycles. The number of cyclic esters (lactones) is 1. The zero-order chi connectivity index (χ0) is 19.8. The van der Waals surface area contributed by atoms with Gasteiger partial charge in [0.2, 0.25) is 6.29 Å². The van der Waals surface area contributed by atoms with Crippen molar-refractivity contribution in [1.29, 1.82) is 0 Å². The number of hydrogen-bond acceptors (Lipinski definition) is 5. The topological polar surface area (TPSA) is 78.7 Å². The van der Waals surface area contributed by atoms with Crippen LogP contribution in [-0.2, 0) is 26.3 Å². The van der Waals surface area contributed by atoms with Gasteiger partial charge in [-0.15, -0.1) is 0 Å². The average molecular weight is 369 g/mol. The molecule has 6 heteroatoms. The van der Waals surface area contributed by atoms with Crippen molar-refractivity contribution in [2.45, 2.75) is 46.0 Å². The number of nitro benzene ring substituents is 1. The van der Waals surface area contributed by atoms with Gasteiger partial charge in [0.15, 0.2) is 5.60 Å². The molecule has 2 atom stereocenters. The summed E-state index contributed by atoms with van der Waals surface area (Å²) in [6, 6.07) is 14.1. The van der Waals surface area contributed by atoms with Crippen LogP contribution in [0.4, 0.5) is 5.69 Å². The summed E-state index contributed by atoms with van der Waals surface area (Å²) in [5.41, 5.74) is -0.238. The van der Waals surface area contributed by atoms with E-state index in [0.29, 0.717) is 16.7 Å². The van der Waals surface area contributed by atoms with Gasteiger partial charge in [0.1, 0.15) is 0 Å². The van der Waals surface area contributed by atoms with Crippen LogP contribution in [0.15, 0.2) is 48.5 Å². The predicted octanol–water partition coefficient (Wildman–Crippen LogP) is 4.29. The second-order valence-corrected chi connectivity index (χ2v) is 7.93. The van der Waals surface area contributed by atoms with E-state index in [9.17, 15) is 14.9 Å². The maximum Gasteiger partial charge on any atom is 0.345 e. The van der Waals surface area contributed by atoms with E-state index in [4.69, 9.17) is 9.47 Å². The monoisotopic (exact) mass is 369 g/mol. The molecule has 0 N–H and O–H groups in total. The van der Waals surface area contributed by atoms with Crippen molar-refractivity contribution in [2.24, 2.45) is 5.41 Å². The first-order valence-corrected chi connectivity index (χ1v) is 8.82. The van der Waals surface area contributed by atoms with Crippen LogP contribution in [0.2, 0.25) is 0 Å². The van der Waals surface area contributed by atoms with E-state index in [2.05, 4.69) is 0 Å². The molecule has 0 unspecified atom stereocenters. The van der Waals surface area contributed by atoms with Gasteiger partial charge >= 0.3 is 5.97 Å². The van der Waals surface area contributed by atoms with Crippen LogP contribution in [0.1, 0.15) is 37.5 Å². The number of hydrogen-bond donors (Lipinski definition) is 0. The van der Waals surface area contributed by atoms with Crippen molar-refractivity contribution < 1.29 is 19.2 Å². The molecule has 142 valence electrons. The van der Waals surface area contributed by atoms with Crippen molar-refractivity contribution in [2.75, 3.05) is 0 Å². The Balaban J connectivity index is 2.13. The Kier molecular flexibility index (Phi) is 4.78. The van der Waals surface area contributed by atoms with Crippen LogP contribution < -0.4 is 0 Å². The van der Waals surface area contributed by atoms with Crippen molar-refractivity contribution in [1.82, 2.24) is 0 Å². The highest BCUT2D eigenvalue weighted by molar-refractivity contribution is 5.83. The molecule has 1 fully saturated rings. The summed E-state index contributed by atoms with van der Waals surface area (Å²) in [4.78, 5) is 24.2. The highest BCUT2D eigenvalue weighted by Crippen LogP contribution is 2.44. The molecule has 1 aliphatic heterocycles. The molecule has 1 aliphatic rings. The maximum atomic E-state index is 13.0. The van der Waals surface area contributed by atoms with Gasteiger partial charge in [0.25, 0.3) is 5.69 Å². The number of aryl methyl sites for hydroxylation is 1. The van der Waals surface area contributed by atoms with Gasteiger partial charge in [-0.1, -0.05) is 69.3 Å². The number of nitrogens with zero attached hydrogens (tertiary/aromatic N) is 1. The lowest BCUT2D eigenvalue weighted by Crippen LogP contribution is -2.37. The Morgan fingerprint density at radius 1 is 1.11 bits per heavy atom. The quantitative estimate of drug-likeness (QED) is 0.456. The zero-order valence-corrected chi connectivity index (χ0v) is 15.9. The van der Waals surface area contributed by atoms with Crippen molar-refractivity contribution >= 4 is 11.7 Å². The number of ether oxygens (including phenoxy) is 2. The van der Waals surface area contributed by atoms with Crippen LogP contribution >= 0.6 is 0 Å². The van der Waals surface area contributed by atoms with E-state index >= 15 is 0 Å². The van der Waals surface area contributed by atoms with Gasteiger partial charge in [-0.25, -0.2) is 4.79 Å². The third-order valence-electron chi connectivity index (χ3n) is 4.74. The summed E-state index contributed by atoms with van der Waals surface area (Å²) < 4.78 is 11.8. The van der Waals surface area contributed by atoms with Crippen LogP contribution in [0.3, 0.4) is 0 Å². The number of carbonyl (C=O) groups excluding carboxylic acids is 1. The lowest BCUT2D eigenvalue weighted by atomic mass is 9.86. The molecule has 1 heterocycles. The predicted molar refractivity (Wildman–Crippen MR) is 100 cm³/mol. The second kappa shape index (κ2) is 6.78. The molecule has 0 spiro atoms. The number of carbonyl (C=O) groups is 1. The zero-order valence-electron chi connectivity index (χ0n) is 15.9. The van der Waals surface area contributed by atoms with Crippen LogP contribution in [0.5, 0.6) is 0 Å². The molecule has 27 heavy (non-hydrogen) atoms. The van der Waals surface area contributed by atoms with E-state index in [-0.39, 0.29) is 12.1 Å². The lowest BCUT2D eigenvalue weighted by molar-refractivity contribution is -0.386. The minimum Gasteiger partial charge on any atom is -0.433 e. The molecule has 0 bridgehead atoms. The number of benzene rings is 2. The van der Waals surface area contributed by atoms with E-state index in [1.807, 2.05) is 39.0 Å². The largest absolute Gasteiger partial charge is 0.433 e. The summed E-state index contributed by atoms with van der Waals surface area (Å²) >= 11 is 0. The van der Waals surface area contributed by atoms with Crippen LogP contribution in [0, 0.1) is 22.5 Å². The number of rotatable bonds is 4. The summed E-state index contributed by atoms with van der Waals surface area (Å²) in [6.45, 7) is 7.44. The summed E-state index contributed by atoms with van der Waals surface area (Å²) in [5, 5.41) is 11.6. The summed E-state index contributed by atoms with van der Waals surface area (Å²) in [7, 11) is 0. The Hall–Kier alpha value is -2.73. The molecule has 0 radical (unpaired) electrons. The first-order chi connectivity index (χ1) is 12.6. The fraction of sp³-hybridized carbons (Fsp3) is 0.381. The summed E-state index contributed by atoms with van der Waals surface area (Å²) in [5.74, 6) is -0.524. The van der Waals surface area contributed by atoms with Gasteiger partial charge in [0, 0.05) is 23.0 Å². The fourth-order valence-corrected chi connectivity index (χ4v) is 3.30. The van der Waals surface area contributed by atoms with Gasteiger partial charge in [-0.05, 0) is 12.5 Å². The Bertz CT molecular complexity index is 872. The van der Waals surface area contributed by atoms with Crippen molar-refractivity contribution in [3.8, 4) is 0 Å². The Morgan fingerprint density at radius 3 is 2.33 bits per heavy atom. The van der Waals surface area contributed by atoms with E-state index in [1.165, 1.54) is 0 Å². The molecule has 0 aliphatic carbocycles. The smallest absolute Gasteiger partial charge is 0.345 e. The van der Waals surface area contributed by atoms with Gasteiger partial charge in [0.05, 0.1) is 4.92 Å².